The van der Waals surface area contributed by atoms with Gasteiger partial charge in [-0.05, 0) is 30.7 Å². The van der Waals surface area contributed by atoms with Gasteiger partial charge in [0.05, 0.1) is 18.7 Å². The van der Waals surface area contributed by atoms with Gasteiger partial charge in [-0.15, -0.1) is 0 Å². The normalized spacial score (nSPS) is 23.7. The van der Waals surface area contributed by atoms with Gasteiger partial charge in [0.1, 0.15) is 0 Å². The molecule has 9 heteroatoms. The third-order valence-corrected chi connectivity index (χ3v) is 5.27. The van der Waals surface area contributed by atoms with Crippen molar-refractivity contribution in [1.29, 1.82) is 0 Å². The third-order valence-electron chi connectivity index (χ3n) is 5.02. The number of aliphatic hydroxyl groups is 1. The van der Waals surface area contributed by atoms with Gasteiger partial charge in [-0.3, -0.25) is 9.69 Å². The van der Waals surface area contributed by atoms with E-state index in [0.29, 0.717) is 49.3 Å². The molecule has 0 bridgehead atoms. The highest BCUT2D eigenvalue weighted by atomic mass is 35.5. The Labute approximate surface area is 162 Å². The Kier molecular flexibility index (Phi) is 5.40. The molecule has 1 amide bonds. The highest BCUT2D eigenvalue weighted by molar-refractivity contribution is 6.30. The van der Waals surface area contributed by atoms with E-state index in [-0.39, 0.29) is 11.9 Å². The van der Waals surface area contributed by atoms with Crippen molar-refractivity contribution in [3.8, 4) is 11.4 Å². The summed E-state index contributed by atoms with van der Waals surface area (Å²) in [7, 11) is 0. The number of carbonyl (C=O) groups excluding carboxylic acids is 1. The molecular formula is C18H22ClN5O3. The second kappa shape index (κ2) is 7.93. The number of nitrogens with one attached hydrogen (secondary N) is 1. The predicted octanol–water partition coefficient (Wildman–Crippen LogP) is 0.757. The average Bonchev–Trinajstić information content (AvgIpc) is 3.32. The second-order valence-electron chi connectivity index (χ2n) is 6.97. The van der Waals surface area contributed by atoms with Crippen LogP contribution in [0.5, 0.6) is 0 Å². The number of rotatable bonds is 4. The fourth-order valence-corrected chi connectivity index (χ4v) is 3.60. The number of amides is 1. The third kappa shape index (κ3) is 4.30. The zero-order chi connectivity index (χ0) is 18.8. The number of β-amino-alcohol motifs (C(OH)–C–C–N with tert-alkyl or cyclic N) is 1. The number of aromatic nitrogens is 2. The van der Waals surface area contributed by atoms with Crippen LogP contribution in [0.4, 0.5) is 0 Å². The highest BCUT2D eigenvalue weighted by Gasteiger charge is 2.32. The zero-order valence-corrected chi connectivity index (χ0v) is 15.6. The lowest BCUT2D eigenvalue weighted by molar-refractivity contribution is -0.135. The number of benzene rings is 1. The van der Waals surface area contributed by atoms with Crippen LogP contribution >= 0.6 is 11.6 Å². The Morgan fingerprint density at radius 3 is 2.67 bits per heavy atom. The van der Waals surface area contributed by atoms with E-state index in [1.165, 1.54) is 0 Å². The highest BCUT2D eigenvalue weighted by Crippen LogP contribution is 2.19. The zero-order valence-electron chi connectivity index (χ0n) is 14.8. The summed E-state index contributed by atoms with van der Waals surface area (Å²) >= 11 is 5.90. The van der Waals surface area contributed by atoms with Crippen LogP contribution in [0.25, 0.3) is 11.4 Å². The molecule has 2 unspecified atom stereocenters. The second-order valence-corrected chi connectivity index (χ2v) is 7.41. The summed E-state index contributed by atoms with van der Waals surface area (Å²) < 4.78 is 5.37. The van der Waals surface area contributed by atoms with Crippen molar-refractivity contribution in [2.45, 2.75) is 25.1 Å². The summed E-state index contributed by atoms with van der Waals surface area (Å²) in [6.45, 7) is 3.86. The number of carbonyl (C=O) groups is 1. The summed E-state index contributed by atoms with van der Waals surface area (Å²) in [6, 6.07) is 7.04. The number of halogens is 1. The van der Waals surface area contributed by atoms with Gasteiger partial charge in [-0.2, -0.15) is 4.98 Å². The number of nitrogens with zero attached hydrogens (tertiary/aromatic N) is 4. The van der Waals surface area contributed by atoms with Gasteiger partial charge in [0.25, 0.3) is 0 Å². The summed E-state index contributed by atoms with van der Waals surface area (Å²) in [5, 5.41) is 17.4. The maximum atomic E-state index is 12.5. The molecule has 2 aliphatic heterocycles. The van der Waals surface area contributed by atoms with E-state index in [0.717, 1.165) is 18.7 Å². The number of hydrogen-bond donors (Lipinski definition) is 2. The molecule has 8 nitrogen and oxygen atoms in total. The van der Waals surface area contributed by atoms with Crippen molar-refractivity contribution in [1.82, 2.24) is 25.3 Å². The predicted molar refractivity (Wildman–Crippen MR) is 99.0 cm³/mol. The topological polar surface area (TPSA) is 94.7 Å². The van der Waals surface area contributed by atoms with Gasteiger partial charge >= 0.3 is 0 Å². The van der Waals surface area contributed by atoms with Gasteiger partial charge < -0.3 is 19.8 Å². The largest absolute Gasteiger partial charge is 0.392 e. The molecular weight excluding hydrogens is 370 g/mol. The van der Waals surface area contributed by atoms with Crippen LogP contribution < -0.4 is 5.32 Å². The van der Waals surface area contributed by atoms with E-state index in [2.05, 4.69) is 20.4 Å². The maximum absolute atomic E-state index is 12.5. The molecule has 2 saturated heterocycles. The fraction of sp³-hybridized carbons (Fsp3) is 0.500. The molecule has 2 N–H and O–H groups in total. The first kappa shape index (κ1) is 18.4. The van der Waals surface area contributed by atoms with Crippen LogP contribution in [-0.4, -0.2) is 75.8 Å². The molecule has 27 heavy (non-hydrogen) atoms. The Balaban J connectivity index is 1.29. The molecule has 2 aliphatic rings. The molecule has 2 aromatic rings. The molecule has 0 radical (unpaired) electrons. The van der Waals surface area contributed by atoms with Crippen LogP contribution in [0.1, 0.15) is 12.3 Å². The molecule has 2 fully saturated rings. The van der Waals surface area contributed by atoms with E-state index < -0.39 is 6.10 Å². The first-order valence-electron chi connectivity index (χ1n) is 9.09. The van der Waals surface area contributed by atoms with Crippen LogP contribution in [0, 0.1) is 0 Å². The molecule has 0 saturated carbocycles. The Morgan fingerprint density at radius 2 is 2.00 bits per heavy atom. The van der Waals surface area contributed by atoms with Crippen molar-refractivity contribution in [3.63, 3.8) is 0 Å². The van der Waals surface area contributed by atoms with Gasteiger partial charge in [-0.1, -0.05) is 16.8 Å². The van der Waals surface area contributed by atoms with E-state index in [9.17, 15) is 9.90 Å². The fourth-order valence-electron chi connectivity index (χ4n) is 3.48. The minimum atomic E-state index is -0.424. The van der Waals surface area contributed by atoms with Crippen LogP contribution in [0.2, 0.25) is 5.02 Å². The summed E-state index contributed by atoms with van der Waals surface area (Å²) in [5.74, 6) is 1.18. The molecule has 0 aliphatic carbocycles. The monoisotopic (exact) mass is 391 g/mol. The van der Waals surface area contributed by atoms with Crippen molar-refractivity contribution in [3.05, 3.63) is 35.2 Å². The number of aliphatic hydroxyl groups excluding tert-OH is 1. The van der Waals surface area contributed by atoms with Crippen LogP contribution in [0.3, 0.4) is 0 Å². The molecule has 2 atom stereocenters. The Bertz CT molecular complexity index is 789. The quantitative estimate of drug-likeness (QED) is 0.794. The molecule has 4 rings (SSSR count). The average molecular weight is 392 g/mol. The van der Waals surface area contributed by atoms with Crippen molar-refractivity contribution >= 4 is 17.5 Å². The van der Waals surface area contributed by atoms with Crippen molar-refractivity contribution < 1.29 is 14.4 Å². The summed E-state index contributed by atoms with van der Waals surface area (Å²) in [5.41, 5.74) is 0.857. The lowest BCUT2D eigenvalue weighted by Crippen LogP contribution is -2.52. The van der Waals surface area contributed by atoms with Crippen LogP contribution in [0.15, 0.2) is 28.8 Å². The maximum Gasteiger partial charge on any atom is 0.241 e. The minimum absolute atomic E-state index is 0.0778. The smallest absolute Gasteiger partial charge is 0.241 e. The standard InChI is InChI=1S/C18H22ClN5O3/c19-13-3-1-12(2-4-13)17-21-16(27-22-17)11-23-5-7-24(8-6-23)18(26)15-9-14(25)10-20-15/h1-4,14-15,20,25H,5-11H2. The first-order chi connectivity index (χ1) is 13.1. The summed E-state index contributed by atoms with van der Waals surface area (Å²) in [4.78, 5) is 21.0. The van der Waals surface area contributed by atoms with E-state index in [4.69, 9.17) is 16.1 Å². The first-order valence-corrected chi connectivity index (χ1v) is 9.47. The van der Waals surface area contributed by atoms with Crippen LogP contribution in [-0.2, 0) is 11.3 Å². The van der Waals surface area contributed by atoms with Gasteiger partial charge in [0.2, 0.25) is 17.6 Å². The summed E-state index contributed by atoms with van der Waals surface area (Å²) in [6.07, 6.45) is 0.0710. The minimum Gasteiger partial charge on any atom is -0.392 e. The molecule has 1 aromatic carbocycles. The van der Waals surface area contributed by atoms with Crippen molar-refractivity contribution in [2.75, 3.05) is 32.7 Å². The lowest BCUT2D eigenvalue weighted by atomic mass is 10.1. The molecule has 3 heterocycles. The van der Waals surface area contributed by atoms with E-state index in [1.807, 2.05) is 17.0 Å². The van der Waals surface area contributed by atoms with Crippen molar-refractivity contribution in [2.24, 2.45) is 0 Å². The SMILES string of the molecule is O=C(C1CC(O)CN1)N1CCN(Cc2nc(-c3ccc(Cl)cc3)no2)CC1. The molecule has 0 spiro atoms. The van der Waals surface area contributed by atoms with E-state index in [1.54, 1.807) is 12.1 Å². The number of hydrogen-bond acceptors (Lipinski definition) is 7. The molecule has 144 valence electrons. The number of piperazine rings is 1. The molecule has 1 aromatic heterocycles. The van der Waals surface area contributed by atoms with Gasteiger partial charge in [-0.25, -0.2) is 0 Å². The van der Waals surface area contributed by atoms with E-state index >= 15 is 0 Å². The Morgan fingerprint density at radius 1 is 1.26 bits per heavy atom. The van der Waals surface area contributed by atoms with Gasteiger partial charge in [0.15, 0.2) is 0 Å². The lowest BCUT2D eigenvalue weighted by Gasteiger charge is -2.35. The Hall–Kier alpha value is -2.00. The van der Waals surface area contributed by atoms with Gasteiger partial charge in [0, 0.05) is 43.3 Å².